The van der Waals surface area contributed by atoms with Gasteiger partial charge < -0.3 is 14.5 Å². The molecule has 26 heavy (non-hydrogen) atoms. The van der Waals surface area contributed by atoms with Crippen LogP contribution < -0.4 is 10.5 Å². The molecule has 3 atom stereocenters. The van der Waals surface area contributed by atoms with E-state index in [1.54, 1.807) is 6.07 Å². The lowest BCUT2D eigenvalue weighted by Crippen LogP contribution is -2.37. The molecule has 7 nitrogen and oxygen atoms in total. The molecule has 2 aromatic rings. The number of amides is 1. The second kappa shape index (κ2) is 6.09. The number of fused-ring (bicyclic) bond motifs is 2. The Kier molecular flexibility index (Phi) is 3.70. The summed E-state index contributed by atoms with van der Waals surface area (Å²) in [6.07, 6.45) is 0.846. The standard InChI is InChI=1S/C19H22N4O3/c24-17-15-3-1-2-4-16(15)20-19(21-17)23-9-13-7-22(8-14(13)10-23)18(25)12-5-6-26-11-12/h1-4,12-14H,5-11H2,(H,20,21,24)/t12?,13-,14+. The van der Waals surface area contributed by atoms with Crippen LogP contribution in [0.4, 0.5) is 5.95 Å². The summed E-state index contributed by atoms with van der Waals surface area (Å²) in [5.74, 6) is 1.82. The van der Waals surface area contributed by atoms with E-state index in [9.17, 15) is 9.59 Å². The number of carbonyl (C=O) groups excluding carboxylic acids is 1. The van der Waals surface area contributed by atoms with Gasteiger partial charge in [-0.2, -0.15) is 0 Å². The van der Waals surface area contributed by atoms with Gasteiger partial charge in [-0.15, -0.1) is 0 Å². The molecule has 3 aliphatic heterocycles. The van der Waals surface area contributed by atoms with E-state index in [2.05, 4.69) is 14.9 Å². The number of rotatable bonds is 2. The van der Waals surface area contributed by atoms with E-state index >= 15 is 0 Å². The molecule has 136 valence electrons. The van der Waals surface area contributed by atoms with Crippen LogP contribution in [0.2, 0.25) is 0 Å². The SMILES string of the molecule is O=C(C1CCOC1)N1C[C@@H]2CN(c3nc4ccccc4c(=O)[nH]3)C[C@@H]2C1. The Morgan fingerprint density at radius 2 is 1.92 bits per heavy atom. The molecule has 3 aliphatic rings. The quantitative estimate of drug-likeness (QED) is 0.865. The first-order valence-corrected chi connectivity index (χ1v) is 9.29. The summed E-state index contributed by atoms with van der Waals surface area (Å²) in [6, 6.07) is 7.41. The first kappa shape index (κ1) is 15.8. The molecule has 3 fully saturated rings. The highest BCUT2D eigenvalue weighted by atomic mass is 16.5. The number of nitrogens with zero attached hydrogens (tertiary/aromatic N) is 3. The summed E-state index contributed by atoms with van der Waals surface area (Å²) in [7, 11) is 0. The largest absolute Gasteiger partial charge is 0.381 e. The third-order valence-electron chi connectivity index (χ3n) is 5.98. The van der Waals surface area contributed by atoms with Crippen LogP contribution >= 0.6 is 0 Å². The fourth-order valence-corrected chi connectivity index (χ4v) is 4.56. The van der Waals surface area contributed by atoms with Crippen molar-refractivity contribution in [2.75, 3.05) is 44.3 Å². The monoisotopic (exact) mass is 354 g/mol. The van der Waals surface area contributed by atoms with E-state index in [0.29, 0.717) is 36.4 Å². The van der Waals surface area contributed by atoms with Gasteiger partial charge in [0.2, 0.25) is 11.9 Å². The lowest BCUT2D eigenvalue weighted by Gasteiger charge is -2.24. The lowest BCUT2D eigenvalue weighted by molar-refractivity contribution is -0.134. The molecule has 0 bridgehead atoms. The van der Waals surface area contributed by atoms with Gasteiger partial charge in [0, 0.05) is 44.6 Å². The number of aromatic nitrogens is 2. The zero-order valence-corrected chi connectivity index (χ0v) is 14.6. The Morgan fingerprint density at radius 1 is 1.15 bits per heavy atom. The third kappa shape index (κ3) is 2.58. The van der Waals surface area contributed by atoms with E-state index in [0.717, 1.165) is 38.1 Å². The minimum absolute atomic E-state index is 0.0449. The Labute approximate surface area is 151 Å². The highest BCUT2D eigenvalue weighted by Gasteiger charge is 2.43. The summed E-state index contributed by atoms with van der Waals surface area (Å²) in [5, 5.41) is 0.617. The molecule has 1 aromatic heterocycles. The molecular weight excluding hydrogens is 332 g/mol. The number of aromatic amines is 1. The second-order valence-corrected chi connectivity index (χ2v) is 7.64. The number of H-pyrrole nitrogens is 1. The predicted octanol–water partition coefficient (Wildman–Crippen LogP) is 0.854. The number of nitrogens with one attached hydrogen (secondary N) is 1. The van der Waals surface area contributed by atoms with E-state index in [-0.39, 0.29) is 17.4 Å². The van der Waals surface area contributed by atoms with Gasteiger partial charge in [-0.25, -0.2) is 4.98 Å². The number of ether oxygens (including phenoxy) is 1. The number of hydrogen-bond donors (Lipinski definition) is 1. The topological polar surface area (TPSA) is 78.5 Å². The highest BCUT2D eigenvalue weighted by Crippen LogP contribution is 2.34. The fourth-order valence-electron chi connectivity index (χ4n) is 4.56. The van der Waals surface area contributed by atoms with Crippen LogP contribution in [0.1, 0.15) is 6.42 Å². The number of para-hydroxylation sites is 1. The normalized spacial score (nSPS) is 28.1. The van der Waals surface area contributed by atoms with Crippen LogP contribution in [0.5, 0.6) is 0 Å². The van der Waals surface area contributed by atoms with Gasteiger partial charge in [0.15, 0.2) is 0 Å². The maximum absolute atomic E-state index is 12.6. The van der Waals surface area contributed by atoms with Gasteiger partial charge in [0.1, 0.15) is 0 Å². The van der Waals surface area contributed by atoms with Crippen molar-refractivity contribution in [2.45, 2.75) is 6.42 Å². The second-order valence-electron chi connectivity index (χ2n) is 7.64. The molecule has 0 spiro atoms. The number of hydrogen-bond acceptors (Lipinski definition) is 5. The van der Waals surface area contributed by atoms with E-state index in [1.807, 2.05) is 23.1 Å². The Morgan fingerprint density at radius 3 is 2.65 bits per heavy atom. The Bertz CT molecular complexity index is 891. The molecule has 0 aliphatic carbocycles. The maximum Gasteiger partial charge on any atom is 0.260 e. The van der Waals surface area contributed by atoms with Crippen LogP contribution in [0.3, 0.4) is 0 Å². The summed E-state index contributed by atoms with van der Waals surface area (Å²) in [5.41, 5.74) is 0.627. The maximum atomic E-state index is 12.6. The van der Waals surface area contributed by atoms with Crippen molar-refractivity contribution in [3.63, 3.8) is 0 Å². The van der Waals surface area contributed by atoms with E-state index in [4.69, 9.17) is 4.74 Å². The smallest absolute Gasteiger partial charge is 0.260 e. The number of likely N-dealkylation sites (tertiary alicyclic amines) is 1. The zero-order chi connectivity index (χ0) is 17.7. The van der Waals surface area contributed by atoms with Crippen molar-refractivity contribution in [1.29, 1.82) is 0 Å². The van der Waals surface area contributed by atoms with Crippen LogP contribution in [-0.4, -0.2) is 60.2 Å². The van der Waals surface area contributed by atoms with Crippen molar-refractivity contribution in [1.82, 2.24) is 14.9 Å². The minimum atomic E-state index is -0.0966. The van der Waals surface area contributed by atoms with E-state index < -0.39 is 0 Å². The molecule has 0 saturated carbocycles. The Hall–Kier alpha value is -2.41. The third-order valence-corrected chi connectivity index (χ3v) is 5.98. The average molecular weight is 354 g/mol. The molecule has 7 heteroatoms. The number of benzene rings is 1. The molecule has 0 radical (unpaired) electrons. The molecule has 1 aromatic carbocycles. The van der Waals surface area contributed by atoms with Gasteiger partial charge in [0.05, 0.1) is 23.4 Å². The van der Waals surface area contributed by atoms with E-state index in [1.165, 1.54) is 0 Å². The van der Waals surface area contributed by atoms with Crippen molar-refractivity contribution >= 4 is 22.8 Å². The molecule has 1 unspecified atom stereocenters. The number of anilines is 1. The minimum Gasteiger partial charge on any atom is -0.381 e. The summed E-state index contributed by atoms with van der Waals surface area (Å²) in [6.45, 7) is 4.53. The van der Waals surface area contributed by atoms with Gasteiger partial charge in [0.25, 0.3) is 5.56 Å². The molecule has 5 rings (SSSR count). The lowest BCUT2D eigenvalue weighted by atomic mass is 10.0. The summed E-state index contributed by atoms with van der Waals surface area (Å²) in [4.78, 5) is 36.6. The Balaban J connectivity index is 1.31. The highest BCUT2D eigenvalue weighted by molar-refractivity contribution is 5.80. The van der Waals surface area contributed by atoms with Crippen molar-refractivity contribution in [2.24, 2.45) is 17.8 Å². The average Bonchev–Trinajstić information content (AvgIpc) is 3.37. The molecule has 1 amide bonds. The van der Waals surface area contributed by atoms with Crippen molar-refractivity contribution < 1.29 is 9.53 Å². The van der Waals surface area contributed by atoms with Gasteiger partial charge in [-0.3, -0.25) is 14.6 Å². The van der Waals surface area contributed by atoms with Crippen LogP contribution in [0, 0.1) is 17.8 Å². The predicted molar refractivity (Wildman–Crippen MR) is 97.1 cm³/mol. The van der Waals surface area contributed by atoms with Crippen molar-refractivity contribution in [3.8, 4) is 0 Å². The molecule has 1 N–H and O–H groups in total. The van der Waals surface area contributed by atoms with Gasteiger partial charge >= 0.3 is 0 Å². The fraction of sp³-hybridized carbons (Fsp3) is 0.526. The zero-order valence-electron chi connectivity index (χ0n) is 14.6. The van der Waals surface area contributed by atoms with Crippen LogP contribution in [0.15, 0.2) is 29.1 Å². The number of carbonyl (C=O) groups is 1. The molecular formula is C19H22N4O3. The molecule has 3 saturated heterocycles. The van der Waals surface area contributed by atoms with Crippen LogP contribution in [-0.2, 0) is 9.53 Å². The summed E-state index contributed by atoms with van der Waals surface area (Å²) < 4.78 is 5.36. The van der Waals surface area contributed by atoms with Crippen molar-refractivity contribution in [3.05, 3.63) is 34.6 Å². The van der Waals surface area contributed by atoms with Gasteiger partial charge in [-0.1, -0.05) is 12.1 Å². The first-order valence-electron chi connectivity index (χ1n) is 9.29. The first-order chi connectivity index (χ1) is 12.7. The van der Waals surface area contributed by atoms with Gasteiger partial charge in [-0.05, 0) is 18.6 Å². The van der Waals surface area contributed by atoms with Crippen LogP contribution in [0.25, 0.3) is 10.9 Å². The summed E-state index contributed by atoms with van der Waals surface area (Å²) >= 11 is 0. The molecule has 4 heterocycles.